The molecule has 0 bridgehead atoms. The number of rotatable bonds is 5. The Labute approximate surface area is 125 Å². The average molecular weight is 342 g/mol. The van der Waals surface area contributed by atoms with Gasteiger partial charge in [-0.25, -0.2) is 0 Å². The number of carbonyl (C=O) groups is 1. The number of methoxy groups -OCH3 is 2. The van der Waals surface area contributed by atoms with Gasteiger partial charge in [0.05, 0.1) is 20.3 Å². The lowest BCUT2D eigenvalue weighted by Gasteiger charge is -2.12. The molecule has 1 amide bonds. The molecule has 6 nitrogen and oxygen atoms in total. The summed E-state index contributed by atoms with van der Waals surface area (Å²) in [5, 5.41) is 5.77. The molecular formula is C13H16BrN3O3. The van der Waals surface area contributed by atoms with E-state index in [0.717, 1.165) is 10.0 Å². The van der Waals surface area contributed by atoms with Crippen LogP contribution in [0.4, 0.5) is 0 Å². The van der Waals surface area contributed by atoms with Gasteiger partial charge in [-0.15, -0.1) is 0 Å². The lowest BCUT2D eigenvalue weighted by molar-refractivity contribution is -0.120. The SMILES string of the molecule is COCCN=C1NC(=O)C(c2cc(OC)ccc2Br)N1. The van der Waals surface area contributed by atoms with E-state index in [1.807, 2.05) is 18.2 Å². The fraction of sp³-hybridized carbons (Fsp3) is 0.385. The van der Waals surface area contributed by atoms with E-state index in [1.54, 1.807) is 14.2 Å². The summed E-state index contributed by atoms with van der Waals surface area (Å²) < 4.78 is 10.9. The van der Waals surface area contributed by atoms with Crippen LogP contribution in [0.25, 0.3) is 0 Å². The Morgan fingerprint density at radius 3 is 2.90 bits per heavy atom. The fourth-order valence-electron chi connectivity index (χ4n) is 1.85. The number of benzene rings is 1. The molecule has 108 valence electrons. The van der Waals surface area contributed by atoms with E-state index in [0.29, 0.717) is 24.9 Å². The minimum atomic E-state index is -0.485. The Kier molecular flexibility index (Phi) is 4.97. The fourth-order valence-corrected chi connectivity index (χ4v) is 2.33. The number of amides is 1. The maximum Gasteiger partial charge on any atom is 0.253 e. The highest BCUT2D eigenvalue weighted by Gasteiger charge is 2.31. The van der Waals surface area contributed by atoms with Crippen LogP contribution in [0.3, 0.4) is 0 Å². The second-order valence-corrected chi connectivity index (χ2v) is 5.03. The Hall–Kier alpha value is -1.60. The third kappa shape index (κ3) is 3.29. The van der Waals surface area contributed by atoms with Crippen molar-refractivity contribution in [2.75, 3.05) is 27.4 Å². The number of aliphatic imine (C=N–C) groups is 1. The van der Waals surface area contributed by atoms with Gasteiger partial charge >= 0.3 is 0 Å². The van der Waals surface area contributed by atoms with Gasteiger partial charge in [0, 0.05) is 17.1 Å². The minimum absolute atomic E-state index is 0.143. The van der Waals surface area contributed by atoms with Crippen LogP contribution in [0.15, 0.2) is 27.7 Å². The molecule has 2 N–H and O–H groups in total. The lowest BCUT2D eigenvalue weighted by Crippen LogP contribution is -2.26. The average Bonchev–Trinajstić information content (AvgIpc) is 2.81. The van der Waals surface area contributed by atoms with Crippen molar-refractivity contribution in [3.63, 3.8) is 0 Å². The van der Waals surface area contributed by atoms with Gasteiger partial charge in [-0.05, 0) is 18.2 Å². The molecule has 7 heteroatoms. The van der Waals surface area contributed by atoms with Gasteiger partial charge in [-0.2, -0.15) is 0 Å². The number of nitrogens with zero attached hydrogens (tertiary/aromatic N) is 1. The summed E-state index contributed by atoms with van der Waals surface area (Å²) in [4.78, 5) is 16.2. The van der Waals surface area contributed by atoms with Crippen molar-refractivity contribution in [1.29, 1.82) is 0 Å². The van der Waals surface area contributed by atoms with E-state index >= 15 is 0 Å². The first-order valence-electron chi connectivity index (χ1n) is 6.10. The highest BCUT2D eigenvalue weighted by Crippen LogP contribution is 2.29. The van der Waals surface area contributed by atoms with Gasteiger partial charge in [0.15, 0.2) is 5.96 Å². The van der Waals surface area contributed by atoms with Gasteiger partial charge in [0.25, 0.3) is 5.91 Å². The molecule has 1 heterocycles. The standard InChI is InChI=1S/C13H16BrN3O3/c1-19-6-5-15-13-16-11(12(18)17-13)9-7-8(20-2)3-4-10(9)14/h3-4,7,11H,5-6H2,1-2H3,(H2,15,16,17,18). The van der Waals surface area contributed by atoms with Crippen molar-refractivity contribution in [3.8, 4) is 5.75 Å². The van der Waals surface area contributed by atoms with Crippen LogP contribution in [-0.2, 0) is 9.53 Å². The van der Waals surface area contributed by atoms with Gasteiger partial charge < -0.3 is 14.8 Å². The third-order valence-corrected chi connectivity index (χ3v) is 3.59. The lowest BCUT2D eigenvalue weighted by atomic mass is 10.1. The van der Waals surface area contributed by atoms with Crippen LogP contribution >= 0.6 is 15.9 Å². The van der Waals surface area contributed by atoms with Crippen molar-refractivity contribution in [2.24, 2.45) is 4.99 Å². The predicted molar refractivity (Wildman–Crippen MR) is 78.9 cm³/mol. The Morgan fingerprint density at radius 2 is 2.20 bits per heavy atom. The molecule has 0 radical (unpaired) electrons. The highest BCUT2D eigenvalue weighted by molar-refractivity contribution is 9.10. The molecule has 0 aliphatic carbocycles. The van der Waals surface area contributed by atoms with E-state index in [9.17, 15) is 4.79 Å². The zero-order valence-electron chi connectivity index (χ0n) is 11.3. The van der Waals surface area contributed by atoms with Crippen LogP contribution in [0.5, 0.6) is 5.75 Å². The summed E-state index contributed by atoms with van der Waals surface area (Å²) in [5.41, 5.74) is 0.804. The molecule has 1 fully saturated rings. The van der Waals surface area contributed by atoms with E-state index in [4.69, 9.17) is 9.47 Å². The number of ether oxygens (including phenoxy) is 2. The summed E-state index contributed by atoms with van der Waals surface area (Å²) >= 11 is 3.45. The first kappa shape index (κ1) is 14.8. The van der Waals surface area contributed by atoms with Gasteiger partial charge in [0.1, 0.15) is 11.8 Å². The van der Waals surface area contributed by atoms with Gasteiger partial charge in [-0.3, -0.25) is 15.1 Å². The number of nitrogens with one attached hydrogen (secondary N) is 2. The van der Waals surface area contributed by atoms with Crippen molar-refractivity contribution in [2.45, 2.75) is 6.04 Å². The first-order valence-corrected chi connectivity index (χ1v) is 6.89. The van der Waals surface area contributed by atoms with Crippen LogP contribution in [0.1, 0.15) is 11.6 Å². The molecule has 20 heavy (non-hydrogen) atoms. The maximum atomic E-state index is 12.0. The number of carbonyl (C=O) groups excluding carboxylic acids is 1. The molecule has 0 spiro atoms. The number of hydrogen-bond donors (Lipinski definition) is 2. The molecule has 1 atom stereocenters. The molecule has 1 aliphatic rings. The van der Waals surface area contributed by atoms with E-state index < -0.39 is 6.04 Å². The highest BCUT2D eigenvalue weighted by atomic mass is 79.9. The number of hydrogen-bond acceptors (Lipinski definition) is 4. The van der Waals surface area contributed by atoms with E-state index in [2.05, 4.69) is 31.6 Å². The normalized spacial score (nSPS) is 19.9. The molecule has 1 aromatic rings. The van der Waals surface area contributed by atoms with Crippen LogP contribution in [0, 0.1) is 0 Å². The van der Waals surface area contributed by atoms with Gasteiger partial charge in [0.2, 0.25) is 0 Å². The van der Waals surface area contributed by atoms with Crippen LogP contribution < -0.4 is 15.4 Å². The van der Waals surface area contributed by atoms with E-state index in [1.165, 1.54) is 0 Å². The summed E-state index contributed by atoms with van der Waals surface area (Å²) in [5.74, 6) is 1.02. The zero-order valence-corrected chi connectivity index (χ0v) is 12.9. The van der Waals surface area contributed by atoms with Crippen molar-refractivity contribution in [3.05, 3.63) is 28.2 Å². The second kappa shape index (κ2) is 6.71. The Bertz CT molecular complexity index is 534. The second-order valence-electron chi connectivity index (χ2n) is 4.18. The Balaban J connectivity index is 2.17. The quantitative estimate of drug-likeness (QED) is 0.790. The molecule has 1 aromatic carbocycles. The van der Waals surface area contributed by atoms with Crippen molar-refractivity contribution in [1.82, 2.24) is 10.6 Å². The van der Waals surface area contributed by atoms with Crippen LogP contribution in [-0.4, -0.2) is 39.2 Å². The van der Waals surface area contributed by atoms with E-state index in [-0.39, 0.29) is 5.91 Å². The maximum absolute atomic E-state index is 12.0. The molecular weight excluding hydrogens is 326 g/mol. The summed E-state index contributed by atoms with van der Waals surface area (Å²) in [6, 6.07) is 5.01. The largest absolute Gasteiger partial charge is 0.497 e. The summed E-state index contributed by atoms with van der Waals surface area (Å²) in [6.07, 6.45) is 0. The first-order chi connectivity index (χ1) is 9.65. The molecule has 1 unspecified atom stereocenters. The zero-order chi connectivity index (χ0) is 14.5. The summed E-state index contributed by atoms with van der Waals surface area (Å²) in [6.45, 7) is 1.000. The van der Waals surface area contributed by atoms with Crippen molar-refractivity contribution < 1.29 is 14.3 Å². The Morgan fingerprint density at radius 1 is 1.40 bits per heavy atom. The topological polar surface area (TPSA) is 72.0 Å². The molecule has 0 aromatic heterocycles. The molecule has 1 saturated heterocycles. The third-order valence-electron chi connectivity index (χ3n) is 2.86. The number of guanidine groups is 1. The van der Waals surface area contributed by atoms with Crippen molar-refractivity contribution >= 4 is 27.8 Å². The molecule has 1 aliphatic heterocycles. The summed E-state index contributed by atoms with van der Waals surface area (Å²) in [7, 11) is 3.20. The smallest absolute Gasteiger partial charge is 0.253 e. The number of halogens is 1. The van der Waals surface area contributed by atoms with Gasteiger partial charge in [-0.1, -0.05) is 15.9 Å². The molecule has 2 rings (SSSR count). The predicted octanol–water partition coefficient (Wildman–Crippen LogP) is 1.22. The molecule has 0 saturated carbocycles. The monoisotopic (exact) mass is 341 g/mol. The van der Waals surface area contributed by atoms with Crippen LogP contribution in [0.2, 0.25) is 0 Å². The minimum Gasteiger partial charge on any atom is -0.497 e.